The van der Waals surface area contributed by atoms with Crippen LogP contribution in [-0.4, -0.2) is 62.0 Å². The van der Waals surface area contributed by atoms with E-state index in [1.165, 1.54) is 25.7 Å². The Bertz CT molecular complexity index is 355. The Morgan fingerprint density at radius 3 is 2.43 bits per heavy atom. The van der Waals surface area contributed by atoms with E-state index in [4.69, 9.17) is 9.47 Å². The van der Waals surface area contributed by atoms with Gasteiger partial charge >= 0.3 is 0 Å². The minimum atomic E-state index is -2.22. The van der Waals surface area contributed by atoms with E-state index in [-0.39, 0.29) is 18.4 Å². The smallest absolute Gasteiger partial charge is 0.251 e. The molecule has 1 N–H and O–H groups in total. The highest BCUT2D eigenvalue weighted by Crippen LogP contribution is 2.36. The van der Waals surface area contributed by atoms with Crippen LogP contribution in [0, 0.1) is 0 Å². The molecule has 1 aliphatic carbocycles. The van der Waals surface area contributed by atoms with Gasteiger partial charge in [0, 0.05) is 25.4 Å². The molecule has 1 atom stereocenters. The lowest BCUT2D eigenvalue weighted by Crippen LogP contribution is -2.46. The van der Waals surface area contributed by atoms with E-state index in [9.17, 15) is 8.78 Å². The van der Waals surface area contributed by atoms with Gasteiger partial charge in [0.1, 0.15) is 0 Å². The Labute approximate surface area is 137 Å². The Hall–Kier alpha value is -0.300. The standard InChI is InChI=1S/C17H30F2N2O2/c18-16(19)12-21-9-5-14(6-10-21)20-11-15-13-22-17(23-15)7-3-1-2-4-8-17/h14-16,20H,1-13H2/t15-/m0/s1. The number of alkyl halides is 2. The second-order valence-corrected chi connectivity index (χ2v) is 7.25. The largest absolute Gasteiger partial charge is 0.347 e. The summed E-state index contributed by atoms with van der Waals surface area (Å²) in [5.74, 6) is -0.316. The molecule has 1 saturated carbocycles. The molecule has 4 nitrogen and oxygen atoms in total. The number of nitrogens with one attached hydrogen (secondary N) is 1. The first kappa shape index (κ1) is 17.5. The van der Waals surface area contributed by atoms with E-state index in [1.807, 2.05) is 4.90 Å². The van der Waals surface area contributed by atoms with Gasteiger partial charge < -0.3 is 14.8 Å². The van der Waals surface area contributed by atoms with Gasteiger partial charge in [-0.3, -0.25) is 4.90 Å². The molecule has 6 heteroatoms. The number of halogens is 2. The third-order valence-electron chi connectivity index (χ3n) is 5.40. The van der Waals surface area contributed by atoms with Crippen molar-refractivity contribution in [2.24, 2.45) is 0 Å². The van der Waals surface area contributed by atoms with Crippen molar-refractivity contribution < 1.29 is 18.3 Å². The van der Waals surface area contributed by atoms with Crippen LogP contribution in [0.2, 0.25) is 0 Å². The molecule has 2 aliphatic heterocycles. The maximum Gasteiger partial charge on any atom is 0.251 e. The maximum atomic E-state index is 12.4. The summed E-state index contributed by atoms with van der Waals surface area (Å²) in [6.45, 7) is 2.91. The summed E-state index contributed by atoms with van der Waals surface area (Å²) in [6, 6.07) is 0.415. The number of piperidine rings is 1. The fraction of sp³-hybridized carbons (Fsp3) is 1.00. The van der Waals surface area contributed by atoms with Crippen molar-refractivity contribution in [3.63, 3.8) is 0 Å². The van der Waals surface area contributed by atoms with Crippen molar-refractivity contribution in [2.75, 3.05) is 32.8 Å². The molecule has 0 bridgehead atoms. The Kier molecular flexibility index (Phi) is 6.24. The van der Waals surface area contributed by atoms with Crippen LogP contribution >= 0.6 is 0 Å². The first-order valence-electron chi connectivity index (χ1n) is 9.21. The lowest BCUT2D eigenvalue weighted by molar-refractivity contribution is -0.175. The van der Waals surface area contributed by atoms with Gasteiger partial charge in [0.15, 0.2) is 5.79 Å². The predicted octanol–water partition coefficient (Wildman–Crippen LogP) is 2.77. The summed E-state index contributed by atoms with van der Waals surface area (Å²) in [6.07, 6.45) is 6.79. The van der Waals surface area contributed by atoms with Crippen LogP contribution in [0.25, 0.3) is 0 Å². The van der Waals surface area contributed by atoms with E-state index in [2.05, 4.69) is 5.32 Å². The summed E-state index contributed by atoms with van der Waals surface area (Å²) < 4.78 is 37.0. The molecule has 3 rings (SSSR count). The highest BCUT2D eigenvalue weighted by atomic mass is 19.3. The van der Waals surface area contributed by atoms with Gasteiger partial charge in [-0.25, -0.2) is 8.78 Å². The van der Waals surface area contributed by atoms with Crippen LogP contribution in [0.1, 0.15) is 51.4 Å². The molecule has 0 aromatic rings. The molecule has 0 radical (unpaired) electrons. The molecule has 0 amide bonds. The lowest BCUT2D eigenvalue weighted by atomic mass is 10.0. The lowest BCUT2D eigenvalue weighted by Gasteiger charge is -2.32. The number of hydrogen-bond donors (Lipinski definition) is 1. The van der Waals surface area contributed by atoms with E-state index < -0.39 is 6.43 Å². The minimum Gasteiger partial charge on any atom is -0.347 e. The monoisotopic (exact) mass is 332 g/mol. The molecule has 0 unspecified atom stereocenters. The molecule has 2 heterocycles. The summed E-state index contributed by atoms with van der Waals surface area (Å²) in [4.78, 5) is 1.86. The van der Waals surface area contributed by atoms with Crippen LogP contribution in [0.5, 0.6) is 0 Å². The first-order valence-corrected chi connectivity index (χ1v) is 9.21. The Morgan fingerprint density at radius 2 is 1.78 bits per heavy atom. The zero-order valence-corrected chi connectivity index (χ0v) is 13.9. The number of hydrogen-bond acceptors (Lipinski definition) is 4. The summed E-state index contributed by atoms with van der Waals surface area (Å²) in [5, 5.41) is 3.56. The number of rotatable bonds is 5. The number of likely N-dealkylation sites (tertiary alicyclic amines) is 1. The first-order chi connectivity index (χ1) is 11.2. The molecule has 2 saturated heterocycles. The van der Waals surface area contributed by atoms with E-state index in [0.717, 1.165) is 45.3 Å². The van der Waals surface area contributed by atoms with Crippen molar-refractivity contribution in [1.82, 2.24) is 10.2 Å². The average molecular weight is 332 g/mol. The highest BCUT2D eigenvalue weighted by molar-refractivity contribution is 4.84. The van der Waals surface area contributed by atoms with Gasteiger partial charge in [0.2, 0.25) is 0 Å². The van der Waals surface area contributed by atoms with Gasteiger partial charge in [-0.2, -0.15) is 0 Å². The van der Waals surface area contributed by atoms with Crippen LogP contribution < -0.4 is 5.32 Å². The molecular weight excluding hydrogens is 302 g/mol. The molecule has 1 spiro atoms. The molecule has 0 aromatic heterocycles. The van der Waals surface area contributed by atoms with Gasteiger partial charge in [-0.1, -0.05) is 12.8 Å². The van der Waals surface area contributed by atoms with Gasteiger partial charge in [-0.05, 0) is 38.8 Å². The van der Waals surface area contributed by atoms with E-state index in [1.54, 1.807) is 0 Å². The molecule has 23 heavy (non-hydrogen) atoms. The SMILES string of the molecule is FC(F)CN1CCC(NC[C@H]2COC3(CCCCCC3)O2)CC1. The molecular formula is C17H30F2N2O2. The molecule has 3 fully saturated rings. The van der Waals surface area contributed by atoms with Crippen molar-refractivity contribution in [1.29, 1.82) is 0 Å². The van der Waals surface area contributed by atoms with Crippen molar-refractivity contribution in [3.05, 3.63) is 0 Å². The summed E-state index contributed by atoms with van der Waals surface area (Å²) >= 11 is 0. The quantitative estimate of drug-likeness (QED) is 0.839. The fourth-order valence-electron chi connectivity index (χ4n) is 4.06. The Balaban J connectivity index is 1.35. The predicted molar refractivity (Wildman–Crippen MR) is 84.7 cm³/mol. The highest BCUT2D eigenvalue weighted by Gasteiger charge is 2.41. The topological polar surface area (TPSA) is 33.7 Å². The van der Waals surface area contributed by atoms with Gasteiger partial charge in [0.05, 0.1) is 19.3 Å². The Morgan fingerprint density at radius 1 is 1.09 bits per heavy atom. The third-order valence-corrected chi connectivity index (χ3v) is 5.40. The molecule has 3 aliphatic rings. The van der Waals surface area contributed by atoms with E-state index >= 15 is 0 Å². The van der Waals surface area contributed by atoms with Crippen LogP contribution in [0.4, 0.5) is 8.78 Å². The number of ether oxygens (including phenoxy) is 2. The normalized spacial score (nSPS) is 30.1. The van der Waals surface area contributed by atoms with Crippen LogP contribution in [0.3, 0.4) is 0 Å². The van der Waals surface area contributed by atoms with Crippen molar-refractivity contribution >= 4 is 0 Å². The molecule has 0 aromatic carbocycles. The van der Waals surface area contributed by atoms with Crippen molar-refractivity contribution in [3.8, 4) is 0 Å². The number of nitrogens with zero attached hydrogens (tertiary/aromatic N) is 1. The van der Waals surface area contributed by atoms with Crippen LogP contribution in [0.15, 0.2) is 0 Å². The van der Waals surface area contributed by atoms with Crippen LogP contribution in [-0.2, 0) is 9.47 Å². The van der Waals surface area contributed by atoms with Crippen molar-refractivity contribution in [2.45, 2.75) is 75.7 Å². The van der Waals surface area contributed by atoms with E-state index in [0.29, 0.717) is 12.6 Å². The fourth-order valence-corrected chi connectivity index (χ4v) is 4.06. The second kappa shape index (κ2) is 8.19. The minimum absolute atomic E-state index is 0.0885. The summed E-state index contributed by atoms with van der Waals surface area (Å²) in [7, 11) is 0. The van der Waals surface area contributed by atoms with Gasteiger partial charge in [0.25, 0.3) is 6.43 Å². The molecule has 134 valence electrons. The second-order valence-electron chi connectivity index (χ2n) is 7.25. The third kappa shape index (κ3) is 5.08. The maximum absolute atomic E-state index is 12.4. The average Bonchev–Trinajstić information content (AvgIpc) is 2.78. The zero-order chi connectivity index (χ0) is 16.1. The van der Waals surface area contributed by atoms with Gasteiger partial charge in [-0.15, -0.1) is 0 Å². The zero-order valence-electron chi connectivity index (χ0n) is 13.9. The summed E-state index contributed by atoms with van der Waals surface area (Å²) in [5.41, 5.74) is 0.